The Bertz CT molecular complexity index is 1060. The molecule has 1 aromatic heterocycles. The van der Waals surface area contributed by atoms with Gasteiger partial charge in [0.05, 0.1) is 11.3 Å². The van der Waals surface area contributed by atoms with Crippen molar-refractivity contribution < 1.29 is 31.4 Å². The van der Waals surface area contributed by atoms with Crippen molar-refractivity contribution in [2.24, 2.45) is 0 Å². The van der Waals surface area contributed by atoms with E-state index in [1.165, 1.54) is 11.3 Å². The molecule has 166 valence electrons. The quantitative estimate of drug-likeness (QED) is 0.514. The van der Waals surface area contributed by atoms with Crippen LogP contribution < -0.4 is 31.5 Å². The molecule has 0 bridgehead atoms. The van der Waals surface area contributed by atoms with Gasteiger partial charge in [0.1, 0.15) is 24.5 Å². The average molecular weight is 463 g/mol. The minimum atomic E-state index is -0.120. The summed E-state index contributed by atoms with van der Waals surface area (Å²) < 4.78 is 17.9. The number of rotatable bonds is 7. The number of carbonyl (C=O) groups is 1. The van der Waals surface area contributed by atoms with E-state index in [1.807, 2.05) is 44.1 Å². The third-order valence-corrected chi connectivity index (χ3v) is 5.75. The van der Waals surface area contributed by atoms with Gasteiger partial charge in [-0.05, 0) is 51.4 Å². The summed E-state index contributed by atoms with van der Waals surface area (Å²) in [6.45, 7) is 4.73. The summed E-state index contributed by atoms with van der Waals surface area (Å²) >= 11 is 1.49. The van der Waals surface area contributed by atoms with Gasteiger partial charge in [-0.3, -0.25) is 9.69 Å². The summed E-state index contributed by atoms with van der Waals surface area (Å²) in [5, 5.41) is 0.652. The van der Waals surface area contributed by atoms with E-state index >= 15 is 0 Å². The maximum Gasteiger partial charge on any atom is 0.260 e. The molecule has 1 aliphatic rings. The van der Waals surface area contributed by atoms with Crippen molar-refractivity contribution >= 4 is 32.6 Å². The molecule has 31 heavy (non-hydrogen) atoms. The number of halogens is 1. The molecule has 0 saturated carbocycles. The summed E-state index contributed by atoms with van der Waals surface area (Å²) in [6, 6.07) is 11.2. The first kappa shape index (κ1) is 23.1. The van der Waals surface area contributed by atoms with Gasteiger partial charge in [-0.15, -0.1) is 0 Å². The van der Waals surface area contributed by atoms with Crippen molar-refractivity contribution in [3.8, 4) is 17.2 Å². The molecule has 4 rings (SSSR count). The Hall–Kier alpha value is -2.55. The second-order valence-electron chi connectivity index (χ2n) is 7.15. The summed E-state index contributed by atoms with van der Waals surface area (Å²) in [7, 11) is 3.97. The van der Waals surface area contributed by atoms with E-state index in [4.69, 9.17) is 19.2 Å². The van der Waals surface area contributed by atoms with Crippen LogP contribution in [0.5, 0.6) is 17.2 Å². The van der Waals surface area contributed by atoms with Crippen LogP contribution in [0.4, 0.5) is 5.13 Å². The lowest BCUT2D eigenvalue weighted by Crippen LogP contribution is -3.00. The van der Waals surface area contributed by atoms with Crippen LogP contribution in [0, 0.1) is 0 Å². The molecule has 9 heteroatoms. The number of aromatic nitrogens is 1. The van der Waals surface area contributed by atoms with Gasteiger partial charge in [-0.2, -0.15) is 0 Å². The van der Waals surface area contributed by atoms with Gasteiger partial charge in [0.25, 0.3) is 5.91 Å². The average Bonchev–Trinajstić information content (AvgIpc) is 3.18. The molecule has 7 nitrogen and oxygen atoms in total. The van der Waals surface area contributed by atoms with Gasteiger partial charge >= 0.3 is 0 Å². The Morgan fingerprint density at radius 3 is 2.65 bits per heavy atom. The van der Waals surface area contributed by atoms with Crippen LogP contribution in [0.3, 0.4) is 0 Å². The molecule has 3 aromatic rings. The van der Waals surface area contributed by atoms with Crippen molar-refractivity contribution in [3.63, 3.8) is 0 Å². The van der Waals surface area contributed by atoms with Crippen molar-refractivity contribution in [2.75, 3.05) is 51.9 Å². The number of nitrogens with zero attached hydrogens (tertiary/aromatic N) is 3. The van der Waals surface area contributed by atoms with Crippen molar-refractivity contribution in [3.05, 3.63) is 42.0 Å². The maximum atomic E-state index is 13.5. The first-order chi connectivity index (χ1) is 14.6. The first-order valence-corrected chi connectivity index (χ1v) is 10.8. The number of carbonyl (C=O) groups excluding carboxylic acids is 1. The fourth-order valence-electron chi connectivity index (χ4n) is 3.22. The molecule has 0 atom stereocenters. The molecule has 0 saturated heterocycles. The van der Waals surface area contributed by atoms with Crippen molar-refractivity contribution in [2.45, 2.75) is 6.92 Å². The summed E-state index contributed by atoms with van der Waals surface area (Å²) in [6.07, 6.45) is 0. The zero-order valence-electron chi connectivity index (χ0n) is 17.8. The number of ether oxygens (including phenoxy) is 3. The second-order valence-corrected chi connectivity index (χ2v) is 8.16. The molecule has 1 aliphatic heterocycles. The lowest BCUT2D eigenvalue weighted by molar-refractivity contribution is -0.0000148. The Kier molecular flexibility index (Phi) is 7.59. The predicted molar refractivity (Wildman–Crippen MR) is 118 cm³/mol. The number of fused-ring (bicyclic) bond motifs is 2. The normalized spacial score (nSPS) is 12.5. The minimum absolute atomic E-state index is 0. The molecule has 0 spiro atoms. The highest BCUT2D eigenvalue weighted by atomic mass is 35.5. The molecule has 2 aromatic carbocycles. The second kappa shape index (κ2) is 10.2. The highest BCUT2D eigenvalue weighted by molar-refractivity contribution is 7.22. The van der Waals surface area contributed by atoms with Gasteiger partial charge < -0.3 is 31.5 Å². The molecular formula is C22H25ClN3O4S-. The van der Waals surface area contributed by atoms with Gasteiger partial charge in [-0.1, -0.05) is 17.4 Å². The molecule has 0 radical (unpaired) electrons. The monoisotopic (exact) mass is 462 g/mol. The first-order valence-electron chi connectivity index (χ1n) is 9.95. The van der Waals surface area contributed by atoms with Crippen LogP contribution in [0.2, 0.25) is 0 Å². The van der Waals surface area contributed by atoms with E-state index in [-0.39, 0.29) is 18.3 Å². The minimum Gasteiger partial charge on any atom is -1.00 e. The van der Waals surface area contributed by atoms with E-state index in [2.05, 4.69) is 0 Å². The predicted octanol–water partition coefficient (Wildman–Crippen LogP) is 0.679. The van der Waals surface area contributed by atoms with Crippen LogP contribution in [0.15, 0.2) is 36.4 Å². The standard InChI is InChI=1S/C22H25N3O4S.ClH/c1-4-27-17-6-5-7-19-20(17)23-22(30-19)25(11-10-24(2)3)21(26)15-8-9-16-18(14-15)29-13-12-28-16;/h5-9,14H,4,10-13H2,1-3H3;1H/p-1. The van der Waals surface area contributed by atoms with E-state index in [9.17, 15) is 4.79 Å². The molecule has 0 N–H and O–H groups in total. The largest absolute Gasteiger partial charge is 1.00 e. The van der Waals surface area contributed by atoms with Gasteiger partial charge in [-0.25, -0.2) is 4.98 Å². The van der Waals surface area contributed by atoms with Gasteiger partial charge in [0, 0.05) is 18.7 Å². The van der Waals surface area contributed by atoms with E-state index in [0.717, 1.165) is 16.0 Å². The molecule has 2 heterocycles. The van der Waals surface area contributed by atoms with Crippen LogP contribution in [0.25, 0.3) is 10.2 Å². The maximum absolute atomic E-state index is 13.5. The lowest BCUT2D eigenvalue weighted by Gasteiger charge is -2.23. The number of anilines is 1. The molecule has 0 fully saturated rings. The Balaban J connectivity index is 0.00000272. The smallest absolute Gasteiger partial charge is 0.260 e. The number of hydrogen-bond donors (Lipinski definition) is 0. The summed E-state index contributed by atoms with van der Waals surface area (Å²) in [4.78, 5) is 22.0. The highest BCUT2D eigenvalue weighted by Crippen LogP contribution is 2.36. The number of amides is 1. The summed E-state index contributed by atoms with van der Waals surface area (Å²) in [5.41, 5.74) is 1.33. The highest BCUT2D eigenvalue weighted by Gasteiger charge is 2.24. The van der Waals surface area contributed by atoms with Crippen LogP contribution in [0.1, 0.15) is 17.3 Å². The number of hydrogen-bond acceptors (Lipinski definition) is 7. The molecule has 0 unspecified atom stereocenters. The fourth-order valence-corrected chi connectivity index (χ4v) is 4.22. The molecular weight excluding hydrogens is 438 g/mol. The van der Waals surface area contributed by atoms with E-state index in [0.29, 0.717) is 55.1 Å². The number of likely N-dealkylation sites (N-methyl/N-ethyl adjacent to an activating group) is 1. The van der Waals surface area contributed by atoms with Crippen LogP contribution >= 0.6 is 11.3 Å². The topological polar surface area (TPSA) is 64.1 Å². The lowest BCUT2D eigenvalue weighted by atomic mass is 10.1. The number of para-hydroxylation sites is 1. The van der Waals surface area contributed by atoms with Gasteiger partial charge in [0.2, 0.25) is 0 Å². The van der Waals surface area contributed by atoms with E-state index < -0.39 is 0 Å². The third kappa shape index (κ3) is 5.03. The van der Waals surface area contributed by atoms with Crippen molar-refractivity contribution in [1.82, 2.24) is 9.88 Å². The molecule has 0 aliphatic carbocycles. The number of thiazole rings is 1. The van der Waals surface area contributed by atoms with Crippen molar-refractivity contribution in [1.29, 1.82) is 0 Å². The Morgan fingerprint density at radius 1 is 1.13 bits per heavy atom. The zero-order valence-corrected chi connectivity index (χ0v) is 19.3. The zero-order chi connectivity index (χ0) is 21.1. The summed E-state index contributed by atoms with van der Waals surface area (Å²) in [5.74, 6) is 1.88. The molecule has 1 amide bonds. The fraction of sp³-hybridized carbons (Fsp3) is 0.364. The SMILES string of the molecule is CCOc1cccc2sc(N(CCN(C)C)C(=O)c3ccc4c(c3)OCCO4)nc12.[Cl-]. The van der Waals surface area contributed by atoms with Gasteiger partial charge in [0.15, 0.2) is 16.6 Å². The third-order valence-electron chi connectivity index (χ3n) is 4.71. The van der Waals surface area contributed by atoms with Crippen LogP contribution in [-0.4, -0.2) is 62.8 Å². The van der Waals surface area contributed by atoms with Crippen LogP contribution in [-0.2, 0) is 0 Å². The number of benzene rings is 2. The Morgan fingerprint density at radius 2 is 1.90 bits per heavy atom. The Labute approximate surface area is 191 Å². The van der Waals surface area contributed by atoms with E-state index in [1.54, 1.807) is 23.1 Å².